The molecule has 0 aliphatic rings. The third-order valence-corrected chi connectivity index (χ3v) is 4.35. The molecule has 0 saturated heterocycles. The molecule has 150 valence electrons. The van der Waals surface area contributed by atoms with Crippen molar-refractivity contribution in [2.75, 3.05) is 11.9 Å². The van der Waals surface area contributed by atoms with Gasteiger partial charge < -0.3 is 14.8 Å². The molecule has 0 radical (unpaired) electrons. The fourth-order valence-electron chi connectivity index (χ4n) is 2.87. The molecule has 0 aliphatic carbocycles. The molecule has 1 N–H and O–H groups in total. The zero-order valence-electron chi connectivity index (χ0n) is 17.2. The molecule has 5 nitrogen and oxygen atoms in total. The van der Waals surface area contributed by atoms with Crippen molar-refractivity contribution in [3.8, 4) is 5.75 Å². The topological polar surface area (TPSA) is 64.6 Å². The van der Waals surface area contributed by atoms with Crippen LogP contribution in [0, 0.1) is 6.92 Å². The van der Waals surface area contributed by atoms with E-state index in [2.05, 4.69) is 19.2 Å². The molecule has 1 atom stereocenters. The van der Waals surface area contributed by atoms with E-state index < -0.39 is 12.1 Å². The van der Waals surface area contributed by atoms with E-state index in [1.807, 2.05) is 32.0 Å². The van der Waals surface area contributed by atoms with Crippen molar-refractivity contribution in [2.24, 2.45) is 0 Å². The molecule has 0 aromatic heterocycles. The highest BCUT2D eigenvalue weighted by atomic mass is 16.5. The smallest absolute Gasteiger partial charge is 0.338 e. The SMILES string of the molecule is CCCOC(=O)c1cccc(NC(=O)C(C)Oc2ccc(C(C)C)c(C)c2)c1. The fraction of sp³-hybridized carbons (Fsp3) is 0.391. The quantitative estimate of drug-likeness (QED) is 0.645. The summed E-state index contributed by atoms with van der Waals surface area (Å²) in [5.41, 5.74) is 3.33. The summed E-state index contributed by atoms with van der Waals surface area (Å²) in [4.78, 5) is 24.4. The maximum atomic E-state index is 12.5. The van der Waals surface area contributed by atoms with E-state index in [-0.39, 0.29) is 5.91 Å². The molecule has 0 fully saturated rings. The van der Waals surface area contributed by atoms with Gasteiger partial charge in [0.2, 0.25) is 0 Å². The fourth-order valence-corrected chi connectivity index (χ4v) is 2.87. The number of carbonyl (C=O) groups excluding carboxylic acids is 2. The largest absolute Gasteiger partial charge is 0.481 e. The molecular formula is C23H29NO4. The highest BCUT2D eigenvalue weighted by Crippen LogP contribution is 2.24. The Morgan fingerprint density at radius 2 is 1.82 bits per heavy atom. The summed E-state index contributed by atoms with van der Waals surface area (Å²) in [6, 6.07) is 12.6. The van der Waals surface area contributed by atoms with Gasteiger partial charge in [-0.2, -0.15) is 0 Å². The Morgan fingerprint density at radius 1 is 1.07 bits per heavy atom. The van der Waals surface area contributed by atoms with E-state index in [9.17, 15) is 9.59 Å². The van der Waals surface area contributed by atoms with Crippen molar-refractivity contribution < 1.29 is 19.1 Å². The van der Waals surface area contributed by atoms with Gasteiger partial charge in [0.15, 0.2) is 6.10 Å². The Kier molecular flexibility index (Phi) is 7.61. The molecule has 28 heavy (non-hydrogen) atoms. The van der Waals surface area contributed by atoms with Crippen molar-refractivity contribution in [3.63, 3.8) is 0 Å². The summed E-state index contributed by atoms with van der Waals surface area (Å²) in [5.74, 6) is 0.403. The number of aryl methyl sites for hydroxylation is 1. The van der Waals surface area contributed by atoms with E-state index in [1.165, 1.54) is 5.56 Å². The van der Waals surface area contributed by atoms with Crippen molar-refractivity contribution in [1.29, 1.82) is 0 Å². The van der Waals surface area contributed by atoms with Crippen LogP contribution < -0.4 is 10.1 Å². The van der Waals surface area contributed by atoms with Gasteiger partial charge in [-0.05, 0) is 67.6 Å². The van der Waals surface area contributed by atoms with Gasteiger partial charge in [0.05, 0.1) is 12.2 Å². The minimum Gasteiger partial charge on any atom is -0.481 e. The van der Waals surface area contributed by atoms with Gasteiger partial charge in [0, 0.05) is 5.69 Å². The van der Waals surface area contributed by atoms with Gasteiger partial charge in [0.1, 0.15) is 5.75 Å². The molecule has 0 spiro atoms. The zero-order chi connectivity index (χ0) is 20.7. The first kappa shape index (κ1) is 21.5. The highest BCUT2D eigenvalue weighted by Gasteiger charge is 2.16. The lowest BCUT2D eigenvalue weighted by atomic mass is 9.98. The summed E-state index contributed by atoms with van der Waals surface area (Å²) in [6.45, 7) is 10.3. The summed E-state index contributed by atoms with van der Waals surface area (Å²) in [5, 5.41) is 2.79. The van der Waals surface area contributed by atoms with Gasteiger partial charge >= 0.3 is 5.97 Å². The standard InChI is InChI=1S/C23H29NO4/c1-6-12-27-23(26)18-8-7-9-19(14-18)24-22(25)17(5)28-20-10-11-21(15(2)3)16(4)13-20/h7-11,13-15,17H,6,12H2,1-5H3,(H,24,25). The number of esters is 1. The number of amides is 1. The second-order valence-corrected chi connectivity index (χ2v) is 7.14. The summed E-state index contributed by atoms with van der Waals surface area (Å²) >= 11 is 0. The van der Waals surface area contributed by atoms with Crippen LogP contribution in [0.25, 0.3) is 0 Å². The number of rotatable bonds is 8. The highest BCUT2D eigenvalue weighted by molar-refractivity contribution is 5.96. The first-order valence-electron chi connectivity index (χ1n) is 9.67. The lowest BCUT2D eigenvalue weighted by Crippen LogP contribution is -2.30. The third kappa shape index (κ3) is 5.84. The van der Waals surface area contributed by atoms with Crippen LogP contribution in [0.4, 0.5) is 5.69 Å². The van der Waals surface area contributed by atoms with E-state index in [4.69, 9.17) is 9.47 Å². The van der Waals surface area contributed by atoms with Crippen molar-refractivity contribution >= 4 is 17.6 Å². The van der Waals surface area contributed by atoms with Crippen LogP contribution in [0.1, 0.15) is 61.5 Å². The van der Waals surface area contributed by atoms with E-state index in [0.717, 1.165) is 12.0 Å². The van der Waals surface area contributed by atoms with Crippen molar-refractivity contribution in [3.05, 3.63) is 59.2 Å². The molecule has 0 aliphatic heterocycles. The van der Waals surface area contributed by atoms with Crippen molar-refractivity contribution in [2.45, 2.75) is 53.1 Å². The predicted octanol–water partition coefficient (Wildman–Crippen LogP) is 5.09. The van der Waals surface area contributed by atoms with Gasteiger partial charge in [-0.15, -0.1) is 0 Å². The van der Waals surface area contributed by atoms with Crippen LogP contribution in [0.15, 0.2) is 42.5 Å². The lowest BCUT2D eigenvalue weighted by molar-refractivity contribution is -0.122. The van der Waals surface area contributed by atoms with Gasteiger partial charge in [0.25, 0.3) is 5.91 Å². The molecular weight excluding hydrogens is 354 g/mol. The van der Waals surface area contributed by atoms with E-state index in [0.29, 0.717) is 29.5 Å². The first-order valence-corrected chi connectivity index (χ1v) is 9.67. The number of anilines is 1. The van der Waals surface area contributed by atoms with Crippen molar-refractivity contribution in [1.82, 2.24) is 0 Å². The van der Waals surface area contributed by atoms with Crippen LogP contribution in [0.5, 0.6) is 5.75 Å². The maximum Gasteiger partial charge on any atom is 0.338 e. The van der Waals surface area contributed by atoms with E-state index in [1.54, 1.807) is 31.2 Å². The molecule has 2 aromatic rings. The number of nitrogens with one attached hydrogen (secondary N) is 1. The number of carbonyl (C=O) groups is 2. The number of hydrogen-bond donors (Lipinski definition) is 1. The molecule has 2 rings (SSSR count). The molecule has 0 bridgehead atoms. The minimum absolute atomic E-state index is 0.287. The molecule has 1 amide bonds. The number of benzene rings is 2. The normalized spacial score (nSPS) is 11.8. The molecule has 0 saturated carbocycles. The summed E-state index contributed by atoms with van der Waals surface area (Å²) < 4.78 is 10.9. The van der Waals surface area contributed by atoms with Gasteiger partial charge in [-0.25, -0.2) is 4.79 Å². The van der Waals surface area contributed by atoms with Gasteiger partial charge in [-0.3, -0.25) is 4.79 Å². The summed E-state index contributed by atoms with van der Waals surface area (Å²) in [7, 11) is 0. The average Bonchev–Trinajstić information content (AvgIpc) is 2.66. The second-order valence-electron chi connectivity index (χ2n) is 7.14. The Morgan fingerprint density at radius 3 is 2.46 bits per heavy atom. The molecule has 0 heterocycles. The third-order valence-electron chi connectivity index (χ3n) is 4.35. The predicted molar refractivity (Wildman–Crippen MR) is 111 cm³/mol. The minimum atomic E-state index is -0.681. The number of hydrogen-bond acceptors (Lipinski definition) is 4. The summed E-state index contributed by atoms with van der Waals surface area (Å²) in [6.07, 6.45) is 0.0780. The Balaban J connectivity index is 2.01. The Labute approximate surface area is 167 Å². The Bertz CT molecular complexity index is 829. The Hall–Kier alpha value is -2.82. The van der Waals surface area contributed by atoms with Crippen LogP contribution >= 0.6 is 0 Å². The lowest BCUT2D eigenvalue weighted by Gasteiger charge is -2.17. The van der Waals surface area contributed by atoms with E-state index >= 15 is 0 Å². The zero-order valence-corrected chi connectivity index (χ0v) is 17.2. The average molecular weight is 383 g/mol. The second kappa shape index (κ2) is 9.93. The molecule has 5 heteroatoms. The van der Waals surface area contributed by atoms with Crippen LogP contribution in [0.2, 0.25) is 0 Å². The molecule has 2 aromatic carbocycles. The number of ether oxygens (including phenoxy) is 2. The van der Waals surface area contributed by atoms with Crippen LogP contribution in [-0.4, -0.2) is 24.6 Å². The van der Waals surface area contributed by atoms with Gasteiger partial charge in [-0.1, -0.05) is 32.9 Å². The maximum absolute atomic E-state index is 12.5. The first-order chi connectivity index (χ1) is 13.3. The molecule has 1 unspecified atom stereocenters. The van der Waals surface area contributed by atoms with Crippen LogP contribution in [-0.2, 0) is 9.53 Å². The monoisotopic (exact) mass is 383 g/mol. The van der Waals surface area contributed by atoms with Crippen LogP contribution in [0.3, 0.4) is 0 Å².